The summed E-state index contributed by atoms with van der Waals surface area (Å²) in [4.78, 5) is 13.3. The van der Waals surface area contributed by atoms with Crippen molar-refractivity contribution >= 4 is 38.9 Å². The molecule has 1 aromatic heterocycles. The highest BCUT2D eigenvalue weighted by Crippen LogP contribution is 2.21. The van der Waals surface area contributed by atoms with Crippen LogP contribution in [0.25, 0.3) is 0 Å². The third-order valence-electron chi connectivity index (χ3n) is 2.97. The fraction of sp³-hybridized carbons (Fsp3) is 0.267. The standard InChI is InChI=1S/C15H15ClFNO4S2/c1-24(20,21)18-7-6-12-4-5-14(23-12)15(19)22-9-10-2-3-11(17)8-13(10)16/h2-5,8,18H,6-7,9H2,1H3. The van der Waals surface area contributed by atoms with Crippen LogP contribution in [-0.2, 0) is 27.8 Å². The van der Waals surface area contributed by atoms with E-state index in [1.54, 1.807) is 12.1 Å². The van der Waals surface area contributed by atoms with Crippen LogP contribution in [0.1, 0.15) is 20.1 Å². The lowest BCUT2D eigenvalue weighted by molar-refractivity contribution is 0.0478. The van der Waals surface area contributed by atoms with Crippen LogP contribution in [0.5, 0.6) is 0 Å². The Kier molecular flexibility index (Phi) is 6.34. The molecule has 0 atom stereocenters. The molecule has 0 aliphatic heterocycles. The summed E-state index contributed by atoms with van der Waals surface area (Å²) in [5.74, 6) is -0.969. The highest BCUT2D eigenvalue weighted by Gasteiger charge is 2.12. The Labute approximate surface area is 148 Å². The number of hydrogen-bond acceptors (Lipinski definition) is 5. The van der Waals surface area contributed by atoms with Crippen molar-refractivity contribution in [1.29, 1.82) is 0 Å². The lowest BCUT2D eigenvalue weighted by Crippen LogP contribution is -2.23. The first-order valence-electron chi connectivity index (χ1n) is 6.89. The lowest BCUT2D eigenvalue weighted by Gasteiger charge is -2.05. The molecule has 0 radical (unpaired) electrons. The molecule has 0 unspecified atom stereocenters. The molecule has 0 saturated carbocycles. The molecule has 24 heavy (non-hydrogen) atoms. The maximum absolute atomic E-state index is 13.0. The first-order chi connectivity index (χ1) is 11.2. The quantitative estimate of drug-likeness (QED) is 0.736. The number of benzene rings is 1. The summed E-state index contributed by atoms with van der Waals surface area (Å²) in [5, 5.41) is 0.196. The zero-order chi connectivity index (χ0) is 17.7. The molecule has 5 nitrogen and oxygen atoms in total. The van der Waals surface area contributed by atoms with Crippen molar-refractivity contribution < 1.29 is 22.3 Å². The van der Waals surface area contributed by atoms with Gasteiger partial charge < -0.3 is 4.74 Å². The van der Waals surface area contributed by atoms with E-state index < -0.39 is 21.8 Å². The number of carbonyl (C=O) groups is 1. The van der Waals surface area contributed by atoms with Gasteiger partial charge in [0.05, 0.1) is 11.3 Å². The minimum atomic E-state index is -3.23. The van der Waals surface area contributed by atoms with Gasteiger partial charge in [-0.2, -0.15) is 0 Å². The van der Waals surface area contributed by atoms with Crippen molar-refractivity contribution in [2.24, 2.45) is 0 Å². The minimum Gasteiger partial charge on any atom is -0.457 e. The SMILES string of the molecule is CS(=O)(=O)NCCc1ccc(C(=O)OCc2ccc(F)cc2Cl)s1. The van der Waals surface area contributed by atoms with Crippen molar-refractivity contribution in [3.63, 3.8) is 0 Å². The van der Waals surface area contributed by atoms with E-state index in [9.17, 15) is 17.6 Å². The van der Waals surface area contributed by atoms with E-state index in [2.05, 4.69) is 4.72 Å². The highest BCUT2D eigenvalue weighted by atomic mass is 35.5. The van der Waals surface area contributed by atoms with Gasteiger partial charge in [-0.05, 0) is 30.7 Å². The predicted octanol–water partition coefficient (Wildman–Crippen LogP) is 2.99. The van der Waals surface area contributed by atoms with Crippen LogP contribution in [0.4, 0.5) is 4.39 Å². The summed E-state index contributed by atoms with van der Waals surface area (Å²) >= 11 is 7.10. The summed E-state index contributed by atoms with van der Waals surface area (Å²) in [5.41, 5.74) is 0.514. The van der Waals surface area contributed by atoms with Crippen LogP contribution >= 0.6 is 22.9 Å². The number of carbonyl (C=O) groups excluding carboxylic acids is 1. The second-order valence-electron chi connectivity index (χ2n) is 4.99. The van der Waals surface area contributed by atoms with Gasteiger partial charge in [-0.1, -0.05) is 17.7 Å². The van der Waals surface area contributed by atoms with Gasteiger partial charge in [-0.25, -0.2) is 22.3 Å². The second-order valence-corrected chi connectivity index (χ2v) is 8.40. The summed E-state index contributed by atoms with van der Waals surface area (Å²) in [6, 6.07) is 7.22. The Morgan fingerprint density at radius 3 is 2.75 bits per heavy atom. The number of sulfonamides is 1. The van der Waals surface area contributed by atoms with E-state index in [1.807, 2.05) is 0 Å². The number of halogens is 2. The van der Waals surface area contributed by atoms with Crippen LogP contribution < -0.4 is 4.72 Å². The molecule has 0 spiro atoms. The number of rotatable bonds is 7. The van der Waals surface area contributed by atoms with E-state index >= 15 is 0 Å². The van der Waals surface area contributed by atoms with Gasteiger partial charge in [0.15, 0.2) is 0 Å². The topological polar surface area (TPSA) is 72.5 Å². The first kappa shape index (κ1) is 18.9. The van der Waals surface area contributed by atoms with Gasteiger partial charge in [-0.3, -0.25) is 0 Å². The Morgan fingerprint density at radius 1 is 1.33 bits per heavy atom. The molecule has 0 bridgehead atoms. The fourth-order valence-electron chi connectivity index (χ4n) is 1.83. The molecular weight excluding hydrogens is 377 g/mol. The normalized spacial score (nSPS) is 11.5. The Hall–Kier alpha value is -1.48. The van der Waals surface area contributed by atoms with Crippen LogP contribution in [-0.4, -0.2) is 27.2 Å². The van der Waals surface area contributed by atoms with Crippen molar-refractivity contribution in [1.82, 2.24) is 4.72 Å². The van der Waals surface area contributed by atoms with E-state index in [0.717, 1.165) is 17.2 Å². The Balaban J connectivity index is 1.89. The Bertz CT molecular complexity index is 836. The molecule has 0 fully saturated rings. The van der Waals surface area contributed by atoms with Gasteiger partial charge in [0.1, 0.15) is 17.3 Å². The average molecular weight is 392 g/mol. The molecule has 2 rings (SSSR count). The molecule has 0 saturated heterocycles. The summed E-state index contributed by atoms with van der Waals surface area (Å²) in [6.45, 7) is 0.208. The monoisotopic (exact) mass is 391 g/mol. The van der Waals surface area contributed by atoms with Gasteiger partial charge in [0.25, 0.3) is 0 Å². The highest BCUT2D eigenvalue weighted by molar-refractivity contribution is 7.88. The maximum atomic E-state index is 13.0. The zero-order valence-electron chi connectivity index (χ0n) is 12.7. The second kappa shape index (κ2) is 8.06. The zero-order valence-corrected chi connectivity index (χ0v) is 15.1. The Morgan fingerprint density at radius 2 is 2.08 bits per heavy atom. The van der Waals surface area contributed by atoms with E-state index in [-0.39, 0.29) is 18.2 Å². The summed E-state index contributed by atoms with van der Waals surface area (Å²) in [7, 11) is -3.23. The third kappa shape index (κ3) is 5.86. The number of hydrogen-bond donors (Lipinski definition) is 1. The minimum absolute atomic E-state index is 0.0547. The van der Waals surface area contributed by atoms with Crippen molar-refractivity contribution in [2.45, 2.75) is 13.0 Å². The molecule has 1 aromatic carbocycles. The van der Waals surface area contributed by atoms with Crippen molar-refractivity contribution in [3.8, 4) is 0 Å². The van der Waals surface area contributed by atoms with E-state index in [1.165, 1.54) is 23.5 Å². The number of nitrogens with one attached hydrogen (secondary N) is 1. The van der Waals surface area contributed by atoms with Crippen LogP contribution in [0, 0.1) is 5.82 Å². The molecule has 1 N–H and O–H groups in total. The molecule has 130 valence electrons. The van der Waals surface area contributed by atoms with E-state index in [4.69, 9.17) is 16.3 Å². The maximum Gasteiger partial charge on any atom is 0.348 e. The largest absolute Gasteiger partial charge is 0.457 e. The molecule has 0 aliphatic rings. The van der Waals surface area contributed by atoms with Gasteiger partial charge >= 0.3 is 5.97 Å². The molecule has 1 heterocycles. The third-order valence-corrected chi connectivity index (χ3v) is 5.18. The van der Waals surface area contributed by atoms with Gasteiger partial charge in [0.2, 0.25) is 10.0 Å². The predicted molar refractivity (Wildman–Crippen MR) is 91.4 cm³/mol. The fourth-order valence-corrected chi connectivity index (χ4v) is 3.43. The molecule has 0 aliphatic carbocycles. The van der Waals surface area contributed by atoms with Gasteiger partial charge in [0, 0.05) is 17.0 Å². The summed E-state index contributed by atoms with van der Waals surface area (Å²) < 4.78 is 42.5. The first-order valence-corrected chi connectivity index (χ1v) is 9.97. The van der Waals surface area contributed by atoms with Gasteiger partial charge in [-0.15, -0.1) is 11.3 Å². The molecule has 0 amide bonds. The van der Waals surface area contributed by atoms with Crippen LogP contribution in [0.2, 0.25) is 5.02 Å². The average Bonchev–Trinajstić information content (AvgIpc) is 2.93. The smallest absolute Gasteiger partial charge is 0.348 e. The molecule has 2 aromatic rings. The lowest BCUT2D eigenvalue weighted by atomic mass is 10.2. The summed E-state index contributed by atoms with van der Waals surface area (Å²) in [6.07, 6.45) is 1.57. The molecular formula is C15H15ClFNO4S2. The number of esters is 1. The molecule has 9 heteroatoms. The van der Waals surface area contributed by atoms with Crippen LogP contribution in [0.15, 0.2) is 30.3 Å². The number of ether oxygens (including phenoxy) is 1. The van der Waals surface area contributed by atoms with Crippen molar-refractivity contribution in [3.05, 3.63) is 56.5 Å². The van der Waals surface area contributed by atoms with Crippen LogP contribution in [0.3, 0.4) is 0 Å². The van der Waals surface area contributed by atoms with E-state index in [0.29, 0.717) is 16.9 Å². The number of thiophene rings is 1. The van der Waals surface area contributed by atoms with Crippen molar-refractivity contribution in [2.75, 3.05) is 12.8 Å².